The Kier molecular flexibility index (Phi) is 10.3. The van der Waals surface area contributed by atoms with Gasteiger partial charge in [0.2, 0.25) is 5.91 Å². The number of thioether (sulfide) groups is 2. The van der Waals surface area contributed by atoms with Crippen molar-refractivity contribution in [3.63, 3.8) is 0 Å². The average molecular weight is 625 g/mol. The van der Waals surface area contributed by atoms with Crippen molar-refractivity contribution in [2.45, 2.75) is 75.3 Å². The second-order valence-corrected chi connectivity index (χ2v) is 15.4. The Labute approximate surface area is 262 Å². The lowest BCUT2D eigenvalue weighted by molar-refractivity contribution is -0.123. The second-order valence-electron chi connectivity index (χ2n) is 12.5. The fourth-order valence-electron chi connectivity index (χ4n) is 6.52. The SMILES string of the molecule is COc1ccc(CSC(C)(C)CC(=O)NC2CCC(C3C(=O)C(C4CCSCC4)=Cc4ncc(F)cc4C3=O)CC2)cc1. The maximum absolute atomic E-state index is 14.2. The van der Waals surface area contributed by atoms with E-state index in [1.54, 1.807) is 24.9 Å². The van der Waals surface area contributed by atoms with Crippen LogP contribution in [0.5, 0.6) is 5.75 Å². The number of carbonyl (C=O) groups is 3. The van der Waals surface area contributed by atoms with Gasteiger partial charge in [-0.05, 0) is 91.7 Å². The molecule has 1 amide bonds. The van der Waals surface area contributed by atoms with E-state index in [1.807, 2.05) is 36.0 Å². The van der Waals surface area contributed by atoms with E-state index in [4.69, 9.17) is 4.74 Å². The molecule has 0 spiro atoms. The third-order valence-corrected chi connectivity index (χ3v) is 11.4. The lowest BCUT2D eigenvalue weighted by atomic mass is 9.71. The molecule has 1 atom stereocenters. The molecular formula is C34H41FN2O4S2. The van der Waals surface area contributed by atoms with E-state index in [9.17, 15) is 18.8 Å². The largest absolute Gasteiger partial charge is 0.497 e. The Bertz CT molecular complexity index is 1360. The quantitative estimate of drug-likeness (QED) is 0.303. The molecule has 2 heterocycles. The summed E-state index contributed by atoms with van der Waals surface area (Å²) in [6.07, 6.45) is 7.81. The first-order valence-corrected chi connectivity index (χ1v) is 17.4. The Hall–Kier alpha value is -2.65. The maximum atomic E-state index is 14.2. The monoisotopic (exact) mass is 624 g/mol. The minimum Gasteiger partial charge on any atom is -0.497 e. The molecular weight excluding hydrogens is 584 g/mol. The number of halogens is 1. The number of aromatic nitrogens is 1. The number of nitrogens with zero attached hydrogens (tertiary/aromatic N) is 1. The van der Waals surface area contributed by atoms with Crippen molar-refractivity contribution < 1.29 is 23.5 Å². The number of carbonyl (C=O) groups excluding carboxylic acids is 3. The molecule has 2 aliphatic carbocycles. The number of Topliss-reactive ketones (excluding diaryl/α,β-unsaturated/α-hetero) is 2. The molecule has 1 aromatic heterocycles. The lowest BCUT2D eigenvalue weighted by Gasteiger charge is -2.34. The number of methoxy groups -OCH3 is 1. The molecule has 1 aromatic carbocycles. The van der Waals surface area contributed by atoms with E-state index in [-0.39, 0.29) is 45.7 Å². The zero-order valence-electron chi connectivity index (χ0n) is 25.2. The highest BCUT2D eigenvalue weighted by atomic mass is 32.2. The highest BCUT2D eigenvalue weighted by Crippen LogP contribution is 2.41. The number of hydrogen-bond donors (Lipinski definition) is 1. The van der Waals surface area contributed by atoms with Crippen molar-refractivity contribution in [1.82, 2.24) is 10.3 Å². The van der Waals surface area contributed by atoms with Gasteiger partial charge in [0.05, 0.1) is 24.9 Å². The molecule has 1 unspecified atom stereocenters. The van der Waals surface area contributed by atoms with Crippen molar-refractivity contribution in [2.24, 2.45) is 17.8 Å². The van der Waals surface area contributed by atoms with Crippen LogP contribution < -0.4 is 10.1 Å². The zero-order chi connectivity index (χ0) is 30.6. The third kappa shape index (κ3) is 7.90. The summed E-state index contributed by atoms with van der Waals surface area (Å²) in [5.74, 6) is 1.77. The summed E-state index contributed by atoms with van der Waals surface area (Å²) in [6.45, 7) is 4.18. The molecule has 0 radical (unpaired) electrons. The lowest BCUT2D eigenvalue weighted by Crippen LogP contribution is -2.42. The van der Waals surface area contributed by atoms with Crippen LogP contribution >= 0.6 is 23.5 Å². The molecule has 9 heteroatoms. The van der Waals surface area contributed by atoms with Crippen LogP contribution in [-0.4, -0.2) is 51.9 Å². The predicted octanol–water partition coefficient (Wildman–Crippen LogP) is 6.91. The Balaban J connectivity index is 1.19. The van der Waals surface area contributed by atoms with Crippen molar-refractivity contribution in [3.8, 4) is 5.75 Å². The Morgan fingerprint density at radius 1 is 1.07 bits per heavy atom. The fourth-order valence-corrected chi connectivity index (χ4v) is 8.61. The van der Waals surface area contributed by atoms with Crippen LogP contribution in [0.4, 0.5) is 4.39 Å². The van der Waals surface area contributed by atoms with E-state index < -0.39 is 11.7 Å². The topological polar surface area (TPSA) is 85.4 Å². The van der Waals surface area contributed by atoms with Gasteiger partial charge < -0.3 is 10.1 Å². The number of pyridine rings is 1. The van der Waals surface area contributed by atoms with E-state index in [2.05, 4.69) is 24.1 Å². The van der Waals surface area contributed by atoms with E-state index in [0.29, 0.717) is 43.4 Å². The van der Waals surface area contributed by atoms with Gasteiger partial charge in [-0.2, -0.15) is 23.5 Å². The van der Waals surface area contributed by atoms with Crippen LogP contribution in [0.15, 0.2) is 42.1 Å². The minimum atomic E-state index is -0.824. The molecule has 5 rings (SSSR count). The van der Waals surface area contributed by atoms with Crippen molar-refractivity contribution in [1.29, 1.82) is 0 Å². The first kappa shape index (κ1) is 31.8. The van der Waals surface area contributed by atoms with E-state index >= 15 is 0 Å². The number of ketones is 2. The number of hydrogen-bond acceptors (Lipinski definition) is 7. The van der Waals surface area contributed by atoms with Gasteiger partial charge in [-0.1, -0.05) is 26.0 Å². The van der Waals surface area contributed by atoms with Gasteiger partial charge >= 0.3 is 0 Å². The molecule has 2 aromatic rings. The smallest absolute Gasteiger partial charge is 0.221 e. The Morgan fingerprint density at radius 2 is 1.77 bits per heavy atom. The summed E-state index contributed by atoms with van der Waals surface area (Å²) in [4.78, 5) is 45.1. The normalized spacial score (nSPS) is 23.3. The standard InChI is InChI=1S/C34H41FN2O4S2/c1-34(2,43-20-21-4-10-26(41-3)11-5-21)18-30(38)37-25-8-6-23(7-9-25)31-32(39)27(22-12-14-42-15-13-22)17-29-28(33(31)40)16-24(35)19-36-29/h4-5,10-11,16-17,19,22-23,25,31H,6-9,12-15,18,20H2,1-3H3,(H,37,38). The van der Waals surface area contributed by atoms with Crippen LogP contribution in [0.1, 0.15) is 80.4 Å². The van der Waals surface area contributed by atoms with Gasteiger partial charge in [0.1, 0.15) is 11.6 Å². The third-order valence-electron chi connectivity index (χ3n) is 8.94. The van der Waals surface area contributed by atoms with Crippen LogP contribution in [0.2, 0.25) is 0 Å². The number of fused-ring (bicyclic) bond motifs is 1. The van der Waals surface area contributed by atoms with Gasteiger partial charge in [0.15, 0.2) is 11.6 Å². The summed E-state index contributed by atoms with van der Waals surface area (Å²) in [5.41, 5.74) is 2.48. The fraction of sp³-hybridized carbons (Fsp3) is 0.529. The minimum absolute atomic E-state index is 0.0129. The molecule has 1 saturated heterocycles. The first-order valence-electron chi connectivity index (χ1n) is 15.2. The number of nitrogens with one attached hydrogen (secondary N) is 1. The summed E-state index contributed by atoms with van der Waals surface area (Å²) in [5, 5.41) is 3.22. The van der Waals surface area contributed by atoms with E-state index in [0.717, 1.165) is 42.0 Å². The number of rotatable bonds is 9. The number of benzene rings is 1. The number of allylic oxidation sites excluding steroid dienone is 1. The van der Waals surface area contributed by atoms with Gasteiger partial charge in [0, 0.05) is 34.1 Å². The summed E-state index contributed by atoms with van der Waals surface area (Å²) >= 11 is 3.64. The van der Waals surface area contributed by atoms with Crippen LogP contribution in [0, 0.1) is 23.6 Å². The summed E-state index contributed by atoms with van der Waals surface area (Å²) in [6, 6.07) is 9.23. The average Bonchev–Trinajstić information content (AvgIpc) is 3.10. The van der Waals surface area contributed by atoms with Crippen LogP contribution in [0.3, 0.4) is 0 Å². The van der Waals surface area contributed by atoms with Gasteiger partial charge in [0.25, 0.3) is 0 Å². The highest BCUT2D eigenvalue weighted by Gasteiger charge is 2.43. The predicted molar refractivity (Wildman–Crippen MR) is 172 cm³/mol. The van der Waals surface area contributed by atoms with Gasteiger partial charge in [-0.15, -0.1) is 0 Å². The first-order chi connectivity index (χ1) is 20.6. The molecule has 0 bridgehead atoms. The highest BCUT2D eigenvalue weighted by molar-refractivity contribution is 7.99. The van der Waals surface area contributed by atoms with Crippen LogP contribution in [0.25, 0.3) is 6.08 Å². The van der Waals surface area contributed by atoms with Crippen LogP contribution in [-0.2, 0) is 15.3 Å². The van der Waals surface area contributed by atoms with Gasteiger partial charge in [-0.25, -0.2) is 4.39 Å². The molecule has 230 valence electrons. The Morgan fingerprint density at radius 3 is 2.44 bits per heavy atom. The molecule has 2 fully saturated rings. The zero-order valence-corrected chi connectivity index (χ0v) is 26.8. The molecule has 6 nitrogen and oxygen atoms in total. The maximum Gasteiger partial charge on any atom is 0.221 e. The van der Waals surface area contributed by atoms with Crippen molar-refractivity contribution in [3.05, 3.63) is 64.7 Å². The van der Waals surface area contributed by atoms with Crippen molar-refractivity contribution in [2.75, 3.05) is 18.6 Å². The molecule has 1 saturated carbocycles. The van der Waals surface area contributed by atoms with Crippen molar-refractivity contribution >= 4 is 47.1 Å². The van der Waals surface area contributed by atoms with E-state index in [1.165, 1.54) is 11.6 Å². The second kappa shape index (κ2) is 14.0. The summed E-state index contributed by atoms with van der Waals surface area (Å²) in [7, 11) is 1.65. The number of amides is 1. The number of ether oxygens (including phenoxy) is 1. The van der Waals surface area contributed by atoms with Gasteiger partial charge in [-0.3, -0.25) is 19.4 Å². The summed E-state index contributed by atoms with van der Waals surface area (Å²) < 4.78 is 19.2. The molecule has 1 N–H and O–H groups in total. The molecule has 3 aliphatic rings. The molecule has 1 aliphatic heterocycles. The molecule has 43 heavy (non-hydrogen) atoms.